The average molecular weight is 510 g/mol. The molecule has 1 atom stereocenters. The number of fused-ring (bicyclic) bond motifs is 2. The monoisotopic (exact) mass is 509 g/mol. The third-order valence-corrected chi connectivity index (χ3v) is 6.73. The number of hydrogen-bond donors (Lipinski definition) is 1. The third kappa shape index (κ3) is 4.26. The maximum atomic E-state index is 13.9. The Balaban J connectivity index is 1.63. The zero-order valence-corrected chi connectivity index (χ0v) is 21.1. The molecule has 1 heterocycles. The van der Waals surface area contributed by atoms with Crippen LogP contribution in [-0.2, 0) is 11.4 Å². The van der Waals surface area contributed by atoms with Crippen LogP contribution in [0.3, 0.4) is 0 Å². The number of carbonyl (C=O) groups excluding carboxylic acids is 2. The maximum Gasteiger partial charge on any atom is 0.310 e. The van der Waals surface area contributed by atoms with E-state index in [1.165, 1.54) is 0 Å². The van der Waals surface area contributed by atoms with E-state index in [9.17, 15) is 19.5 Å². The van der Waals surface area contributed by atoms with E-state index in [0.29, 0.717) is 46.6 Å². The van der Waals surface area contributed by atoms with Crippen LogP contribution in [0.5, 0.6) is 11.5 Å². The van der Waals surface area contributed by atoms with E-state index in [1.54, 1.807) is 31.2 Å². The summed E-state index contributed by atoms with van der Waals surface area (Å²) in [6.07, 6.45) is 0.425. The molecule has 0 radical (unpaired) electrons. The summed E-state index contributed by atoms with van der Waals surface area (Å²) in [6.45, 7) is 4.15. The number of anilines is 1. The summed E-state index contributed by atoms with van der Waals surface area (Å²) in [5.41, 5.74) is 2.20. The second kappa shape index (κ2) is 10.4. The van der Waals surface area contributed by atoms with Crippen molar-refractivity contribution in [2.24, 2.45) is 0 Å². The highest BCUT2D eigenvalue weighted by Gasteiger charge is 2.43. The SMILES string of the molecule is CCOc1c2c(c(OCc3ccccc3)c3ccccc13)C(=O)N(c1ccc(C(CC)C(=O)O)cc1)C2=O. The van der Waals surface area contributed by atoms with Gasteiger partial charge in [0.2, 0.25) is 0 Å². The predicted molar refractivity (Wildman–Crippen MR) is 144 cm³/mol. The quantitative estimate of drug-likeness (QED) is 0.270. The van der Waals surface area contributed by atoms with Crippen LogP contribution in [0.15, 0.2) is 78.9 Å². The second-order valence-electron chi connectivity index (χ2n) is 9.00. The largest absolute Gasteiger partial charge is 0.492 e. The smallest absolute Gasteiger partial charge is 0.310 e. The predicted octanol–water partition coefficient (Wildman–Crippen LogP) is 6.20. The minimum absolute atomic E-state index is 0.161. The van der Waals surface area contributed by atoms with Gasteiger partial charge in [-0.25, -0.2) is 4.90 Å². The standard InChI is InChI=1S/C31H27NO6/c1-3-22(31(35)36)20-14-16-21(17-15-20)32-29(33)25-26(30(32)34)28(38-18-19-10-6-5-7-11-19)24-13-9-8-12-23(24)27(25)37-4-2/h5-17,22H,3-4,18H2,1-2H3,(H,35,36). The summed E-state index contributed by atoms with van der Waals surface area (Å²) >= 11 is 0. The highest BCUT2D eigenvalue weighted by Crippen LogP contribution is 2.46. The molecule has 1 N–H and O–H groups in total. The zero-order valence-electron chi connectivity index (χ0n) is 21.1. The summed E-state index contributed by atoms with van der Waals surface area (Å²) in [6, 6.07) is 23.5. The Bertz CT molecular complexity index is 1530. The molecule has 1 aliphatic rings. The first kappa shape index (κ1) is 25.0. The van der Waals surface area contributed by atoms with Gasteiger partial charge in [-0.2, -0.15) is 0 Å². The van der Waals surface area contributed by atoms with Crippen LogP contribution in [-0.4, -0.2) is 29.5 Å². The second-order valence-corrected chi connectivity index (χ2v) is 9.00. The lowest BCUT2D eigenvalue weighted by Gasteiger charge is -2.17. The maximum absolute atomic E-state index is 13.9. The van der Waals surface area contributed by atoms with E-state index in [-0.39, 0.29) is 17.7 Å². The molecule has 7 nitrogen and oxygen atoms in total. The molecule has 0 spiro atoms. The molecular formula is C31H27NO6. The van der Waals surface area contributed by atoms with E-state index in [1.807, 2.05) is 61.5 Å². The molecule has 2 amide bonds. The third-order valence-electron chi connectivity index (χ3n) is 6.73. The van der Waals surface area contributed by atoms with Gasteiger partial charge in [-0.15, -0.1) is 0 Å². The highest BCUT2D eigenvalue weighted by molar-refractivity contribution is 6.38. The van der Waals surface area contributed by atoms with Gasteiger partial charge in [0, 0.05) is 10.8 Å². The topological polar surface area (TPSA) is 93.1 Å². The van der Waals surface area contributed by atoms with Crippen molar-refractivity contribution in [2.75, 3.05) is 11.5 Å². The summed E-state index contributed by atoms with van der Waals surface area (Å²) in [5.74, 6) is -1.94. The van der Waals surface area contributed by atoms with Gasteiger partial charge in [-0.05, 0) is 36.6 Å². The van der Waals surface area contributed by atoms with Crippen molar-refractivity contribution >= 4 is 34.2 Å². The van der Waals surface area contributed by atoms with Gasteiger partial charge < -0.3 is 14.6 Å². The molecule has 0 bridgehead atoms. The Morgan fingerprint density at radius 2 is 1.34 bits per heavy atom. The molecule has 5 rings (SSSR count). The fourth-order valence-electron chi connectivity index (χ4n) is 4.92. The van der Waals surface area contributed by atoms with Crippen LogP contribution in [0, 0.1) is 0 Å². The van der Waals surface area contributed by atoms with Gasteiger partial charge in [-0.3, -0.25) is 14.4 Å². The molecule has 0 fully saturated rings. The number of imide groups is 1. The Morgan fingerprint density at radius 3 is 1.87 bits per heavy atom. The average Bonchev–Trinajstić information content (AvgIpc) is 3.19. The number of nitrogens with zero attached hydrogens (tertiary/aromatic N) is 1. The van der Waals surface area contributed by atoms with Crippen molar-refractivity contribution in [1.29, 1.82) is 0 Å². The molecule has 0 saturated carbocycles. The lowest BCUT2D eigenvalue weighted by molar-refractivity contribution is -0.138. The first-order valence-electron chi connectivity index (χ1n) is 12.6. The molecule has 192 valence electrons. The molecule has 0 saturated heterocycles. The molecular weight excluding hydrogens is 482 g/mol. The number of carboxylic acid groups (broad SMARTS) is 1. The van der Waals surface area contributed by atoms with Gasteiger partial charge in [0.15, 0.2) is 0 Å². The number of aliphatic carboxylic acids is 1. The Morgan fingerprint density at radius 1 is 0.789 bits per heavy atom. The van der Waals surface area contributed by atoms with Crippen LogP contribution in [0.1, 0.15) is 58.0 Å². The van der Waals surface area contributed by atoms with Gasteiger partial charge in [0.05, 0.1) is 29.3 Å². The fourth-order valence-corrected chi connectivity index (χ4v) is 4.92. The molecule has 4 aromatic carbocycles. The number of carboxylic acids is 1. The van der Waals surface area contributed by atoms with Crippen LogP contribution in [0.25, 0.3) is 10.8 Å². The Labute approximate surface area is 220 Å². The lowest BCUT2D eigenvalue weighted by atomic mass is 9.96. The number of rotatable bonds is 9. The van der Waals surface area contributed by atoms with Gasteiger partial charge in [0.25, 0.3) is 11.8 Å². The fraction of sp³-hybridized carbons (Fsp3) is 0.194. The molecule has 0 aliphatic carbocycles. The first-order chi connectivity index (χ1) is 18.5. The van der Waals surface area contributed by atoms with Crippen molar-refractivity contribution in [2.45, 2.75) is 32.8 Å². The number of benzene rings is 4. The van der Waals surface area contributed by atoms with Crippen molar-refractivity contribution < 1.29 is 29.0 Å². The summed E-state index contributed by atoms with van der Waals surface area (Å²) in [5, 5.41) is 10.9. The first-order valence-corrected chi connectivity index (χ1v) is 12.6. The summed E-state index contributed by atoms with van der Waals surface area (Å²) < 4.78 is 12.2. The van der Waals surface area contributed by atoms with Gasteiger partial charge in [-0.1, -0.05) is 73.7 Å². The molecule has 1 aliphatic heterocycles. The van der Waals surface area contributed by atoms with Crippen LogP contribution in [0.2, 0.25) is 0 Å². The minimum Gasteiger partial charge on any atom is -0.492 e. The van der Waals surface area contributed by atoms with E-state index < -0.39 is 23.7 Å². The van der Waals surface area contributed by atoms with Gasteiger partial charge in [0.1, 0.15) is 18.1 Å². The highest BCUT2D eigenvalue weighted by atomic mass is 16.5. The Kier molecular flexibility index (Phi) is 6.83. The number of ether oxygens (including phenoxy) is 2. The van der Waals surface area contributed by atoms with Crippen LogP contribution in [0.4, 0.5) is 5.69 Å². The zero-order chi connectivity index (χ0) is 26.8. The van der Waals surface area contributed by atoms with E-state index in [0.717, 1.165) is 10.5 Å². The number of amides is 2. The lowest BCUT2D eigenvalue weighted by Crippen LogP contribution is -2.29. The molecule has 0 aromatic heterocycles. The van der Waals surface area contributed by atoms with E-state index in [4.69, 9.17) is 9.47 Å². The minimum atomic E-state index is -0.922. The van der Waals surface area contributed by atoms with E-state index in [2.05, 4.69) is 0 Å². The van der Waals surface area contributed by atoms with Crippen molar-refractivity contribution in [3.8, 4) is 11.5 Å². The van der Waals surface area contributed by atoms with Crippen molar-refractivity contribution in [3.63, 3.8) is 0 Å². The number of hydrogen-bond acceptors (Lipinski definition) is 5. The molecule has 38 heavy (non-hydrogen) atoms. The van der Waals surface area contributed by atoms with Crippen LogP contribution >= 0.6 is 0 Å². The summed E-state index contributed by atoms with van der Waals surface area (Å²) in [4.78, 5) is 40.4. The normalized spacial score (nSPS) is 13.5. The molecule has 4 aromatic rings. The molecule has 7 heteroatoms. The molecule has 1 unspecified atom stereocenters. The number of carbonyl (C=O) groups is 3. The van der Waals surface area contributed by atoms with Crippen LogP contribution < -0.4 is 14.4 Å². The van der Waals surface area contributed by atoms with E-state index >= 15 is 0 Å². The van der Waals surface area contributed by atoms with Gasteiger partial charge >= 0.3 is 5.97 Å². The summed E-state index contributed by atoms with van der Waals surface area (Å²) in [7, 11) is 0. The Hall–Kier alpha value is -4.65. The van der Waals surface area contributed by atoms with Crippen molar-refractivity contribution in [3.05, 3.63) is 101 Å². The van der Waals surface area contributed by atoms with Crippen molar-refractivity contribution in [1.82, 2.24) is 0 Å².